The summed E-state index contributed by atoms with van der Waals surface area (Å²) in [5.41, 5.74) is -0.432. The standard InChI is InChI=1S/C13H25N3O2S/c1-13(2,3)18-12(17)16-8-6-10(7-9-16)14-11(19)15(4)5/h10H,6-9H2,1-5H3,(H,14,19). The van der Waals surface area contributed by atoms with Crippen LogP contribution >= 0.6 is 12.2 Å². The van der Waals surface area contributed by atoms with E-state index in [1.807, 2.05) is 39.8 Å². The van der Waals surface area contributed by atoms with Crippen molar-refractivity contribution in [2.75, 3.05) is 27.2 Å². The molecule has 1 aliphatic rings. The molecule has 0 aliphatic carbocycles. The van der Waals surface area contributed by atoms with E-state index in [4.69, 9.17) is 17.0 Å². The summed E-state index contributed by atoms with van der Waals surface area (Å²) in [6.07, 6.45) is 1.57. The van der Waals surface area contributed by atoms with Gasteiger partial charge in [0.15, 0.2) is 5.11 Å². The summed E-state index contributed by atoms with van der Waals surface area (Å²) in [6, 6.07) is 0.341. The highest BCUT2D eigenvalue weighted by molar-refractivity contribution is 7.80. The normalized spacial score (nSPS) is 17.0. The van der Waals surface area contributed by atoms with E-state index in [0.717, 1.165) is 18.0 Å². The van der Waals surface area contributed by atoms with E-state index in [1.165, 1.54) is 0 Å². The third kappa shape index (κ3) is 5.63. The summed E-state index contributed by atoms with van der Waals surface area (Å²) in [7, 11) is 3.84. The van der Waals surface area contributed by atoms with Crippen LogP contribution in [0.1, 0.15) is 33.6 Å². The van der Waals surface area contributed by atoms with E-state index in [1.54, 1.807) is 4.90 Å². The minimum Gasteiger partial charge on any atom is -0.444 e. The monoisotopic (exact) mass is 287 g/mol. The van der Waals surface area contributed by atoms with Gasteiger partial charge in [-0.1, -0.05) is 0 Å². The van der Waals surface area contributed by atoms with E-state index in [-0.39, 0.29) is 6.09 Å². The van der Waals surface area contributed by atoms with Gasteiger partial charge in [-0.15, -0.1) is 0 Å². The first-order chi connectivity index (χ1) is 8.69. The predicted octanol–water partition coefficient (Wildman–Crippen LogP) is 1.82. The lowest BCUT2D eigenvalue weighted by Gasteiger charge is -2.34. The molecule has 0 aromatic carbocycles. The molecule has 1 rings (SSSR count). The van der Waals surface area contributed by atoms with Gasteiger partial charge >= 0.3 is 6.09 Å². The largest absolute Gasteiger partial charge is 0.444 e. The van der Waals surface area contributed by atoms with Gasteiger partial charge in [0, 0.05) is 33.2 Å². The molecule has 1 aliphatic heterocycles. The van der Waals surface area contributed by atoms with Crippen molar-refractivity contribution in [1.29, 1.82) is 0 Å². The average Bonchev–Trinajstić information content (AvgIpc) is 2.27. The Morgan fingerprint density at radius 2 is 1.84 bits per heavy atom. The molecule has 5 nitrogen and oxygen atoms in total. The lowest BCUT2D eigenvalue weighted by molar-refractivity contribution is 0.0202. The molecule has 110 valence electrons. The van der Waals surface area contributed by atoms with Crippen molar-refractivity contribution in [3.05, 3.63) is 0 Å². The van der Waals surface area contributed by atoms with Crippen molar-refractivity contribution < 1.29 is 9.53 Å². The number of nitrogens with one attached hydrogen (secondary N) is 1. The molecule has 1 heterocycles. The SMILES string of the molecule is CN(C)C(=S)NC1CCN(C(=O)OC(C)(C)C)CC1. The number of carbonyl (C=O) groups excluding carboxylic acids is 1. The Morgan fingerprint density at radius 1 is 1.32 bits per heavy atom. The first-order valence-electron chi connectivity index (χ1n) is 6.65. The topological polar surface area (TPSA) is 44.8 Å². The van der Waals surface area contributed by atoms with E-state index in [9.17, 15) is 4.79 Å². The quantitative estimate of drug-likeness (QED) is 0.745. The number of rotatable bonds is 1. The number of piperidine rings is 1. The number of hydrogen-bond acceptors (Lipinski definition) is 3. The van der Waals surface area contributed by atoms with Gasteiger partial charge in [0.25, 0.3) is 0 Å². The molecule has 1 amide bonds. The number of hydrogen-bond donors (Lipinski definition) is 1. The van der Waals surface area contributed by atoms with Crippen LogP contribution in [0.5, 0.6) is 0 Å². The van der Waals surface area contributed by atoms with Crippen molar-refractivity contribution in [2.24, 2.45) is 0 Å². The molecule has 19 heavy (non-hydrogen) atoms. The van der Waals surface area contributed by atoms with Crippen molar-refractivity contribution in [3.8, 4) is 0 Å². The molecule has 6 heteroatoms. The zero-order valence-electron chi connectivity index (χ0n) is 12.5. The van der Waals surface area contributed by atoms with Crippen molar-refractivity contribution in [2.45, 2.75) is 45.3 Å². The van der Waals surface area contributed by atoms with Crippen LogP contribution in [0.15, 0.2) is 0 Å². The minimum atomic E-state index is -0.432. The number of amides is 1. The van der Waals surface area contributed by atoms with Crippen LogP contribution in [-0.2, 0) is 4.74 Å². The second-order valence-electron chi connectivity index (χ2n) is 6.09. The molecule has 0 spiro atoms. The van der Waals surface area contributed by atoms with Gasteiger partial charge < -0.3 is 19.9 Å². The van der Waals surface area contributed by atoms with E-state index in [2.05, 4.69) is 5.32 Å². The van der Waals surface area contributed by atoms with Crippen LogP contribution in [0, 0.1) is 0 Å². The molecule has 0 atom stereocenters. The van der Waals surface area contributed by atoms with Crippen molar-refractivity contribution >= 4 is 23.4 Å². The van der Waals surface area contributed by atoms with Gasteiger partial charge in [-0.25, -0.2) is 4.79 Å². The van der Waals surface area contributed by atoms with Gasteiger partial charge in [-0.05, 0) is 45.8 Å². The molecule has 0 aromatic rings. The maximum atomic E-state index is 11.9. The number of thiocarbonyl (C=S) groups is 1. The summed E-state index contributed by atoms with van der Waals surface area (Å²) in [5.74, 6) is 0. The highest BCUT2D eigenvalue weighted by atomic mass is 32.1. The van der Waals surface area contributed by atoms with Crippen LogP contribution < -0.4 is 5.32 Å². The van der Waals surface area contributed by atoms with Gasteiger partial charge in [0.2, 0.25) is 0 Å². The molecule has 0 aromatic heterocycles. The molecule has 0 radical (unpaired) electrons. The molecule has 1 fully saturated rings. The lowest BCUT2D eigenvalue weighted by Crippen LogP contribution is -2.49. The fourth-order valence-corrected chi connectivity index (χ4v) is 2.00. The average molecular weight is 287 g/mol. The van der Waals surface area contributed by atoms with Crippen LogP contribution in [0.4, 0.5) is 4.79 Å². The zero-order chi connectivity index (χ0) is 14.6. The summed E-state index contributed by atoms with van der Waals surface area (Å²) in [6.45, 7) is 7.07. The second-order valence-corrected chi connectivity index (χ2v) is 6.47. The molecule has 0 bridgehead atoms. The highest BCUT2D eigenvalue weighted by Crippen LogP contribution is 2.15. The Hall–Kier alpha value is -1.04. The smallest absolute Gasteiger partial charge is 0.410 e. The van der Waals surface area contributed by atoms with Crippen LogP contribution in [0.2, 0.25) is 0 Å². The first kappa shape index (κ1) is 16.0. The number of ether oxygens (including phenoxy) is 1. The Labute approximate surface area is 121 Å². The van der Waals surface area contributed by atoms with E-state index < -0.39 is 5.60 Å². The van der Waals surface area contributed by atoms with Crippen molar-refractivity contribution in [1.82, 2.24) is 15.1 Å². The number of carbonyl (C=O) groups is 1. The Morgan fingerprint density at radius 3 is 2.26 bits per heavy atom. The number of nitrogens with zero attached hydrogens (tertiary/aromatic N) is 2. The predicted molar refractivity (Wildman–Crippen MR) is 80.2 cm³/mol. The fraction of sp³-hybridized carbons (Fsp3) is 0.846. The highest BCUT2D eigenvalue weighted by Gasteiger charge is 2.27. The maximum Gasteiger partial charge on any atom is 0.410 e. The molecule has 0 saturated carbocycles. The minimum absolute atomic E-state index is 0.221. The van der Waals surface area contributed by atoms with Gasteiger partial charge in [0.05, 0.1) is 0 Å². The summed E-state index contributed by atoms with van der Waals surface area (Å²) in [4.78, 5) is 15.6. The third-order valence-corrected chi connectivity index (χ3v) is 3.36. The van der Waals surface area contributed by atoms with Gasteiger partial charge in [-0.3, -0.25) is 0 Å². The molecule has 1 saturated heterocycles. The van der Waals surface area contributed by atoms with E-state index >= 15 is 0 Å². The van der Waals surface area contributed by atoms with Crippen LogP contribution in [0.25, 0.3) is 0 Å². The second kappa shape index (κ2) is 6.41. The zero-order valence-corrected chi connectivity index (χ0v) is 13.3. The van der Waals surface area contributed by atoms with Crippen LogP contribution in [0.3, 0.4) is 0 Å². The van der Waals surface area contributed by atoms with E-state index in [0.29, 0.717) is 19.1 Å². The van der Waals surface area contributed by atoms with Gasteiger partial charge in [-0.2, -0.15) is 0 Å². The summed E-state index contributed by atoms with van der Waals surface area (Å²) < 4.78 is 5.36. The Kier molecular flexibility index (Phi) is 5.40. The lowest BCUT2D eigenvalue weighted by atomic mass is 10.1. The number of likely N-dealkylation sites (tertiary alicyclic amines) is 1. The summed E-state index contributed by atoms with van der Waals surface area (Å²) >= 11 is 5.22. The Balaban J connectivity index is 2.37. The van der Waals surface area contributed by atoms with Gasteiger partial charge in [0.1, 0.15) is 5.60 Å². The van der Waals surface area contributed by atoms with Crippen LogP contribution in [-0.4, -0.2) is 59.8 Å². The van der Waals surface area contributed by atoms with Crippen molar-refractivity contribution in [3.63, 3.8) is 0 Å². The Bertz CT molecular complexity index is 331. The summed E-state index contributed by atoms with van der Waals surface area (Å²) in [5, 5.41) is 4.05. The molecular formula is C13H25N3O2S. The maximum absolute atomic E-state index is 11.9. The first-order valence-corrected chi connectivity index (χ1v) is 7.05. The fourth-order valence-electron chi connectivity index (χ4n) is 1.84. The molecular weight excluding hydrogens is 262 g/mol. The third-order valence-electron chi connectivity index (χ3n) is 2.88. The molecule has 0 unspecified atom stereocenters. The molecule has 1 N–H and O–H groups in total.